The zero-order chi connectivity index (χ0) is 18.8. The summed E-state index contributed by atoms with van der Waals surface area (Å²) in [5.41, 5.74) is 1.48. The van der Waals surface area contributed by atoms with Crippen LogP contribution in [0.1, 0.15) is 49.9 Å². The van der Waals surface area contributed by atoms with E-state index < -0.39 is 0 Å². The highest BCUT2D eigenvalue weighted by Crippen LogP contribution is 2.39. The monoisotopic (exact) mass is 389 g/mol. The Hall–Kier alpha value is -1.59. The molecule has 0 aliphatic heterocycles. The van der Waals surface area contributed by atoms with Crippen LogP contribution in [0.4, 0.5) is 5.69 Å². The van der Waals surface area contributed by atoms with E-state index in [1.54, 1.807) is 17.8 Å². The fourth-order valence-corrected chi connectivity index (χ4v) is 3.70. The maximum atomic E-state index is 12.3. The molecule has 26 heavy (non-hydrogen) atoms. The Morgan fingerprint density at radius 1 is 1.12 bits per heavy atom. The van der Waals surface area contributed by atoms with Crippen molar-refractivity contribution in [3.63, 3.8) is 0 Å². The molecule has 0 saturated carbocycles. The topological polar surface area (TPSA) is 38.3 Å². The Labute approximate surface area is 166 Å². The van der Waals surface area contributed by atoms with E-state index >= 15 is 0 Å². The van der Waals surface area contributed by atoms with Gasteiger partial charge in [0.05, 0.1) is 17.9 Å². The summed E-state index contributed by atoms with van der Waals surface area (Å²) >= 11 is 6.30. The van der Waals surface area contributed by atoms with Crippen molar-refractivity contribution in [1.82, 2.24) is 0 Å². The van der Waals surface area contributed by atoms with E-state index in [9.17, 15) is 4.79 Å². The van der Waals surface area contributed by atoms with Crippen molar-refractivity contribution in [2.24, 2.45) is 0 Å². The summed E-state index contributed by atoms with van der Waals surface area (Å²) in [7, 11) is 0. The second kappa shape index (κ2) is 11.2. The minimum Gasteiger partial charge on any atom is -0.462 e. The Balaban J connectivity index is 2.26. The Morgan fingerprint density at radius 3 is 2.54 bits per heavy atom. The van der Waals surface area contributed by atoms with Gasteiger partial charge >= 0.3 is 5.97 Å². The van der Waals surface area contributed by atoms with Gasteiger partial charge in [0.15, 0.2) is 0 Å². The van der Waals surface area contributed by atoms with Crippen molar-refractivity contribution < 1.29 is 9.53 Å². The summed E-state index contributed by atoms with van der Waals surface area (Å²) in [5, 5.41) is 3.46. The van der Waals surface area contributed by atoms with Gasteiger partial charge in [-0.1, -0.05) is 56.7 Å². The van der Waals surface area contributed by atoms with Crippen molar-refractivity contribution in [2.75, 3.05) is 18.5 Å². The Kier molecular flexibility index (Phi) is 8.92. The number of unbranched alkanes of at least 4 members (excludes halogenated alkanes) is 2. The lowest BCUT2D eigenvalue weighted by atomic mass is 10.2. The summed E-state index contributed by atoms with van der Waals surface area (Å²) < 4.78 is 5.35. The van der Waals surface area contributed by atoms with E-state index in [2.05, 4.69) is 43.9 Å². The molecule has 0 unspecified atom stereocenters. The minimum atomic E-state index is -0.288. The number of benzene rings is 2. The summed E-state index contributed by atoms with van der Waals surface area (Å²) in [6.45, 7) is 5.55. The second-order valence-electron chi connectivity index (χ2n) is 6.06. The lowest BCUT2D eigenvalue weighted by Gasteiger charge is -2.16. The number of anilines is 1. The predicted octanol–water partition coefficient (Wildman–Crippen LogP) is 6.30. The molecule has 0 saturated heterocycles. The first-order valence-corrected chi connectivity index (χ1v) is 10.4. The molecule has 2 rings (SSSR count). The fourth-order valence-electron chi connectivity index (χ4n) is 2.37. The molecule has 2 aromatic carbocycles. The van der Waals surface area contributed by atoms with Crippen LogP contribution < -0.4 is 5.32 Å². The average molecular weight is 390 g/mol. The van der Waals surface area contributed by atoms with E-state index in [1.807, 2.05) is 24.3 Å². The highest BCUT2D eigenvalue weighted by atomic mass is 32.2. The highest BCUT2D eigenvalue weighted by Gasteiger charge is 2.15. The summed E-state index contributed by atoms with van der Waals surface area (Å²) in [6.07, 6.45) is 4.06. The van der Waals surface area contributed by atoms with Crippen LogP contribution in [0.15, 0.2) is 57.2 Å². The fraction of sp³-hybridized carbons (Fsp3) is 0.381. The largest absolute Gasteiger partial charge is 0.462 e. The number of rotatable bonds is 10. The van der Waals surface area contributed by atoms with Crippen LogP contribution in [-0.4, -0.2) is 19.1 Å². The van der Waals surface area contributed by atoms with Crippen molar-refractivity contribution in [2.45, 2.75) is 54.2 Å². The molecule has 0 aliphatic rings. The summed E-state index contributed by atoms with van der Waals surface area (Å²) in [6, 6.07) is 13.9. The van der Waals surface area contributed by atoms with Gasteiger partial charge in [-0.25, -0.2) is 4.79 Å². The zero-order valence-electron chi connectivity index (χ0n) is 15.5. The van der Waals surface area contributed by atoms with Crippen LogP contribution >= 0.6 is 24.4 Å². The van der Waals surface area contributed by atoms with E-state index in [1.165, 1.54) is 0 Å². The molecule has 5 heteroatoms. The van der Waals surface area contributed by atoms with Gasteiger partial charge in [0, 0.05) is 21.2 Å². The number of carbonyl (C=O) groups excluding carboxylic acids is 1. The molecule has 0 bridgehead atoms. The van der Waals surface area contributed by atoms with E-state index in [0.29, 0.717) is 12.2 Å². The Morgan fingerprint density at radius 2 is 1.85 bits per heavy atom. The molecule has 0 aliphatic carbocycles. The minimum absolute atomic E-state index is 0.288. The quantitative estimate of drug-likeness (QED) is 0.284. The van der Waals surface area contributed by atoms with Crippen LogP contribution in [0.5, 0.6) is 0 Å². The zero-order valence-corrected chi connectivity index (χ0v) is 17.2. The molecule has 3 nitrogen and oxygen atoms in total. The van der Waals surface area contributed by atoms with Gasteiger partial charge < -0.3 is 10.1 Å². The molecular weight excluding hydrogens is 362 g/mol. The normalized spacial score (nSPS) is 10.6. The second-order valence-corrected chi connectivity index (χ2v) is 7.62. The van der Waals surface area contributed by atoms with Gasteiger partial charge in [0.2, 0.25) is 0 Å². The maximum Gasteiger partial charge on any atom is 0.338 e. The molecular formula is C21H27NO2S2. The number of carbonyl (C=O) groups is 1. The molecule has 0 spiro atoms. The maximum absolute atomic E-state index is 12.3. The molecule has 140 valence electrons. The number of esters is 1. The van der Waals surface area contributed by atoms with Gasteiger partial charge in [-0.15, -0.1) is 12.6 Å². The van der Waals surface area contributed by atoms with Crippen LogP contribution in [0.2, 0.25) is 0 Å². The highest BCUT2D eigenvalue weighted by molar-refractivity contribution is 8.00. The van der Waals surface area contributed by atoms with Gasteiger partial charge in [0.1, 0.15) is 0 Å². The Bertz CT molecular complexity index is 705. The number of thiol groups is 1. The number of hydrogen-bond donors (Lipinski definition) is 2. The molecule has 0 atom stereocenters. The predicted molar refractivity (Wildman–Crippen MR) is 113 cm³/mol. The first kappa shape index (κ1) is 20.7. The number of ether oxygens (including phenoxy) is 1. The van der Waals surface area contributed by atoms with E-state index in [-0.39, 0.29) is 5.97 Å². The van der Waals surface area contributed by atoms with Crippen LogP contribution in [0, 0.1) is 0 Å². The third-order valence-electron chi connectivity index (χ3n) is 3.84. The van der Waals surface area contributed by atoms with Crippen LogP contribution in [0.3, 0.4) is 0 Å². The number of hydrogen-bond acceptors (Lipinski definition) is 5. The molecule has 0 radical (unpaired) electrons. The first-order chi connectivity index (χ1) is 12.7. The van der Waals surface area contributed by atoms with E-state index in [0.717, 1.165) is 52.6 Å². The molecule has 0 fully saturated rings. The van der Waals surface area contributed by atoms with Crippen molar-refractivity contribution in [3.8, 4) is 0 Å². The molecule has 1 N–H and O–H groups in total. The number of nitrogens with one attached hydrogen (secondary N) is 1. The van der Waals surface area contributed by atoms with Gasteiger partial charge in [-0.2, -0.15) is 0 Å². The van der Waals surface area contributed by atoms with Crippen LogP contribution in [-0.2, 0) is 4.74 Å². The first-order valence-electron chi connectivity index (χ1n) is 9.16. The van der Waals surface area contributed by atoms with E-state index in [4.69, 9.17) is 4.74 Å². The van der Waals surface area contributed by atoms with Gasteiger partial charge in [-0.05, 0) is 37.1 Å². The lowest BCUT2D eigenvalue weighted by Crippen LogP contribution is -2.09. The third-order valence-corrected chi connectivity index (χ3v) is 5.50. The summed E-state index contributed by atoms with van der Waals surface area (Å²) in [5.74, 6) is -0.288. The molecule has 0 aromatic heterocycles. The van der Waals surface area contributed by atoms with Crippen molar-refractivity contribution in [1.29, 1.82) is 0 Å². The van der Waals surface area contributed by atoms with Crippen LogP contribution in [0.25, 0.3) is 0 Å². The third kappa shape index (κ3) is 6.29. The van der Waals surface area contributed by atoms with Gasteiger partial charge in [-0.3, -0.25) is 0 Å². The average Bonchev–Trinajstić information content (AvgIpc) is 2.65. The standard InChI is InChI=1S/C21H27NO2S2/c1-3-5-12-22-18-14-16(21(23)24-13-6-4-2)15-19(25)20(18)26-17-10-8-7-9-11-17/h7-11,14-15,22,25H,3-6,12-13H2,1-2H3. The molecule has 0 amide bonds. The molecule has 0 heterocycles. The van der Waals surface area contributed by atoms with Crippen molar-refractivity contribution >= 4 is 36.0 Å². The lowest BCUT2D eigenvalue weighted by molar-refractivity contribution is 0.0499. The van der Waals surface area contributed by atoms with Gasteiger partial charge in [0.25, 0.3) is 0 Å². The smallest absolute Gasteiger partial charge is 0.338 e. The van der Waals surface area contributed by atoms with Crippen molar-refractivity contribution in [3.05, 3.63) is 48.0 Å². The summed E-state index contributed by atoms with van der Waals surface area (Å²) in [4.78, 5) is 15.3. The molecule has 2 aromatic rings. The SMILES string of the molecule is CCCCNc1cc(C(=O)OCCCC)cc(S)c1Sc1ccccc1.